The lowest BCUT2D eigenvalue weighted by Crippen LogP contribution is -2.14. The molecule has 0 atom stereocenters. The molecule has 6 nitrogen and oxygen atoms in total. The summed E-state index contributed by atoms with van der Waals surface area (Å²) in [5, 5.41) is 11.7. The standard InChI is InChI=1S/C13H19N3O3/c17-13(18)11-7-16-12(8-15-11)14-5-6-19-9-10-3-1-2-4-10/h7-8,10H,1-6,9H2,(H,14,16)(H,17,18). The van der Waals surface area contributed by atoms with Gasteiger partial charge in [-0.05, 0) is 18.8 Å². The van der Waals surface area contributed by atoms with Crippen molar-refractivity contribution in [1.82, 2.24) is 9.97 Å². The number of nitrogens with zero attached hydrogens (tertiary/aromatic N) is 2. The minimum atomic E-state index is -1.07. The summed E-state index contributed by atoms with van der Waals surface area (Å²) in [6.45, 7) is 2.11. The molecule has 0 spiro atoms. The number of rotatable bonds is 7. The molecule has 6 heteroatoms. The number of carboxylic acid groups (broad SMARTS) is 1. The molecule has 104 valence electrons. The van der Waals surface area contributed by atoms with Gasteiger partial charge >= 0.3 is 5.97 Å². The van der Waals surface area contributed by atoms with Gasteiger partial charge in [-0.3, -0.25) is 0 Å². The maximum Gasteiger partial charge on any atom is 0.356 e. The quantitative estimate of drug-likeness (QED) is 0.731. The Morgan fingerprint density at radius 2 is 2.16 bits per heavy atom. The molecule has 0 radical (unpaired) electrons. The van der Waals surface area contributed by atoms with Crippen LogP contribution in [0.2, 0.25) is 0 Å². The van der Waals surface area contributed by atoms with Crippen molar-refractivity contribution in [3.63, 3.8) is 0 Å². The van der Waals surface area contributed by atoms with Crippen molar-refractivity contribution in [3.05, 3.63) is 18.1 Å². The van der Waals surface area contributed by atoms with Crippen molar-refractivity contribution in [3.8, 4) is 0 Å². The zero-order valence-electron chi connectivity index (χ0n) is 10.8. The third-order valence-corrected chi connectivity index (χ3v) is 3.25. The topological polar surface area (TPSA) is 84.3 Å². The molecular weight excluding hydrogens is 246 g/mol. The molecule has 0 aromatic carbocycles. The summed E-state index contributed by atoms with van der Waals surface area (Å²) in [5.41, 5.74) is -0.0527. The Morgan fingerprint density at radius 1 is 1.37 bits per heavy atom. The second-order valence-electron chi connectivity index (χ2n) is 4.74. The van der Waals surface area contributed by atoms with Gasteiger partial charge in [0.1, 0.15) is 5.82 Å². The molecule has 0 bridgehead atoms. The van der Waals surface area contributed by atoms with E-state index in [0.29, 0.717) is 19.0 Å². The lowest BCUT2D eigenvalue weighted by Gasteiger charge is -2.10. The van der Waals surface area contributed by atoms with Crippen molar-refractivity contribution in [2.24, 2.45) is 5.92 Å². The van der Waals surface area contributed by atoms with Crippen LogP contribution in [0.5, 0.6) is 0 Å². The zero-order chi connectivity index (χ0) is 13.5. The van der Waals surface area contributed by atoms with E-state index < -0.39 is 5.97 Å². The van der Waals surface area contributed by atoms with E-state index in [1.165, 1.54) is 38.1 Å². The van der Waals surface area contributed by atoms with Crippen molar-refractivity contribution >= 4 is 11.8 Å². The van der Waals surface area contributed by atoms with Gasteiger partial charge in [-0.15, -0.1) is 0 Å². The Bertz CT molecular complexity index is 402. The highest BCUT2D eigenvalue weighted by Crippen LogP contribution is 2.24. The van der Waals surface area contributed by atoms with Gasteiger partial charge in [0, 0.05) is 13.2 Å². The van der Waals surface area contributed by atoms with Crippen LogP contribution < -0.4 is 5.32 Å². The Hall–Kier alpha value is -1.69. The molecule has 0 aliphatic heterocycles. The number of aromatic carboxylic acids is 1. The number of anilines is 1. The van der Waals surface area contributed by atoms with Gasteiger partial charge in [0.05, 0.1) is 19.0 Å². The molecule has 0 unspecified atom stereocenters. The molecule has 0 saturated heterocycles. The highest BCUT2D eigenvalue weighted by Gasteiger charge is 2.14. The average molecular weight is 265 g/mol. The molecule has 1 aliphatic rings. The van der Waals surface area contributed by atoms with E-state index in [4.69, 9.17) is 9.84 Å². The van der Waals surface area contributed by atoms with Gasteiger partial charge in [0.15, 0.2) is 5.69 Å². The summed E-state index contributed by atoms with van der Waals surface area (Å²) < 4.78 is 5.60. The van der Waals surface area contributed by atoms with Gasteiger partial charge in [0.25, 0.3) is 0 Å². The number of hydrogen-bond donors (Lipinski definition) is 2. The largest absolute Gasteiger partial charge is 0.476 e. The summed E-state index contributed by atoms with van der Waals surface area (Å²) in [6, 6.07) is 0. The van der Waals surface area contributed by atoms with E-state index in [1.807, 2.05) is 0 Å². The van der Waals surface area contributed by atoms with E-state index in [-0.39, 0.29) is 5.69 Å². The molecule has 2 N–H and O–H groups in total. The van der Waals surface area contributed by atoms with Crippen LogP contribution in [0.3, 0.4) is 0 Å². The number of nitrogens with one attached hydrogen (secondary N) is 1. The first-order chi connectivity index (χ1) is 9.25. The summed E-state index contributed by atoms with van der Waals surface area (Å²) in [6.07, 6.45) is 7.89. The van der Waals surface area contributed by atoms with Gasteiger partial charge < -0.3 is 15.2 Å². The predicted octanol–water partition coefficient (Wildman–Crippen LogP) is 1.79. The number of ether oxygens (including phenoxy) is 1. The highest BCUT2D eigenvalue weighted by atomic mass is 16.5. The van der Waals surface area contributed by atoms with Gasteiger partial charge in [0.2, 0.25) is 0 Å². The van der Waals surface area contributed by atoms with Crippen LogP contribution in [0.4, 0.5) is 5.82 Å². The fraction of sp³-hybridized carbons (Fsp3) is 0.615. The third kappa shape index (κ3) is 4.48. The maximum atomic E-state index is 10.6. The summed E-state index contributed by atoms with van der Waals surface area (Å²) in [5.74, 6) is 0.225. The molecule has 0 amide bonds. The van der Waals surface area contributed by atoms with Gasteiger partial charge in [-0.2, -0.15) is 0 Å². The first-order valence-electron chi connectivity index (χ1n) is 6.62. The molecular formula is C13H19N3O3. The smallest absolute Gasteiger partial charge is 0.356 e. The fourth-order valence-corrected chi connectivity index (χ4v) is 2.21. The lowest BCUT2D eigenvalue weighted by atomic mass is 10.1. The summed E-state index contributed by atoms with van der Waals surface area (Å²) in [7, 11) is 0. The van der Waals surface area contributed by atoms with Crippen LogP contribution in [0, 0.1) is 5.92 Å². The van der Waals surface area contributed by atoms with Crippen LogP contribution in [0.25, 0.3) is 0 Å². The summed E-state index contributed by atoms with van der Waals surface area (Å²) >= 11 is 0. The molecule has 2 rings (SSSR count). The van der Waals surface area contributed by atoms with Crippen LogP contribution in [0.15, 0.2) is 12.4 Å². The molecule has 1 aliphatic carbocycles. The SMILES string of the molecule is O=C(O)c1cnc(NCCOCC2CCCC2)cn1. The number of carboxylic acids is 1. The average Bonchev–Trinajstić information content (AvgIpc) is 2.92. The monoisotopic (exact) mass is 265 g/mol. The number of hydrogen-bond acceptors (Lipinski definition) is 5. The van der Waals surface area contributed by atoms with Crippen molar-refractivity contribution in [2.75, 3.05) is 25.1 Å². The summed E-state index contributed by atoms with van der Waals surface area (Å²) in [4.78, 5) is 18.3. The Morgan fingerprint density at radius 3 is 2.79 bits per heavy atom. The Kier molecular flexibility index (Phi) is 5.09. The minimum Gasteiger partial charge on any atom is -0.476 e. The first-order valence-corrected chi connectivity index (χ1v) is 6.62. The molecule has 19 heavy (non-hydrogen) atoms. The van der Waals surface area contributed by atoms with Crippen LogP contribution >= 0.6 is 0 Å². The lowest BCUT2D eigenvalue weighted by molar-refractivity contribution is 0.0690. The highest BCUT2D eigenvalue weighted by molar-refractivity contribution is 5.84. The first kappa shape index (κ1) is 13.7. The van der Waals surface area contributed by atoms with E-state index >= 15 is 0 Å². The van der Waals surface area contributed by atoms with Crippen molar-refractivity contribution in [1.29, 1.82) is 0 Å². The Balaban J connectivity index is 1.61. The van der Waals surface area contributed by atoms with Crippen LogP contribution in [0.1, 0.15) is 36.2 Å². The van der Waals surface area contributed by atoms with Crippen LogP contribution in [-0.2, 0) is 4.74 Å². The molecule has 1 aromatic heterocycles. The van der Waals surface area contributed by atoms with E-state index in [9.17, 15) is 4.79 Å². The fourth-order valence-electron chi connectivity index (χ4n) is 2.21. The van der Waals surface area contributed by atoms with Crippen molar-refractivity contribution < 1.29 is 14.6 Å². The molecule has 1 fully saturated rings. The van der Waals surface area contributed by atoms with Crippen LogP contribution in [-0.4, -0.2) is 40.8 Å². The zero-order valence-corrected chi connectivity index (χ0v) is 10.8. The second-order valence-corrected chi connectivity index (χ2v) is 4.74. The van der Waals surface area contributed by atoms with Gasteiger partial charge in [-0.1, -0.05) is 12.8 Å². The van der Waals surface area contributed by atoms with E-state index in [2.05, 4.69) is 15.3 Å². The normalized spacial score (nSPS) is 15.6. The second kappa shape index (κ2) is 7.04. The number of aromatic nitrogens is 2. The van der Waals surface area contributed by atoms with Gasteiger partial charge in [-0.25, -0.2) is 14.8 Å². The maximum absolute atomic E-state index is 10.6. The molecule has 1 heterocycles. The number of carbonyl (C=O) groups is 1. The van der Waals surface area contributed by atoms with Crippen molar-refractivity contribution in [2.45, 2.75) is 25.7 Å². The minimum absolute atomic E-state index is 0.0527. The molecule has 1 saturated carbocycles. The Labute approximate surface area is 112 Å². The van der Waals surface area contributed by atoms with E-state index in [0.717, 1.165) is 12.5 Å². The van der Waals surface area contributed by atoms with E-state index in [1.54, 1.807) is 0 Å². The molecule has 1 aromatic rings. The third-order valence-electron chi connectivity index (χ3n) is 3.25. The predicted molar refractivity (Wildman–Crippen MR) is 70.3 cm³/mol.